The number of ether oxygens (including phenoxy) is 2. The van der Waals surface area contributed by atoms with E-state index in [0.29, 0.717) is 29.5 Å². The van der Waals surface area contributed by atoms with Gasteiger partial charge < -0.3 is 19.7 Å². The van der Waals surface area contributed by atoms with Crippen LogP contribution in [0.2, 0.25) is 0 Å². The van der Waals surface area contributed by atoms with Crippen molar-refractivity contribution in [2.24, 2.45) is 0 Å². The van der Waals surface area contributed by atoms with Gasteiger partial charge in [-0.15, -0.1) is 0 Å². The molecule has 0 bridgehead atoms. The third-order valence-corrected chi connectivity index (χ3v) is 7.44. The van der Waals surface area contributed by atoms with Gasteiger partial charge in [0.2, 0.25) is 10.0 Å². The van der Waals surface area contributed by atoms with E-state index in [1.165, 1.54) is 4.31 Å². The number of methoxy groups -OCH3 is 2. The minimum atomic E-state index is -3.59. The zero-order chi connectivity index (χ0) is 22.6. The second kappa shape index (κ2) is 9.57. The third-order valence-electron chi connectivity index (χ3n) is 5.40. The molecule has 1 N–H and O–H groups in total. The molecule has 0 aliphatic carbocycles. The summed E-state index contributed by atoms with van der Waals surface area (Å²) >= 11 is 0. The molecule has 1 saturated heterocycles. The van der Waals surface area contributed by atoms with Gasteiger partial charge in [-0.2, -0.15) is 4.31 Å². The summed E-state index contributed by atoms with van der Waals surface area (Å²) in [7, 11) is -0.476. The van der Waals surface area contributed by atoms with E-state index in [-0.39, 0.29) is 25.7 Å². The Kier molecular flexibility index (Phi) is 7.07. The molecule has 2 aromatic carbocycles. The standard InChI is InChI=1S/C22H29N3O5S/c1-16-8-9-17(2)20(14-16)31(27,28)25-12-10-24(11-13-25)22(26)23-15-18-6-5-7-19(29-3)21(18)30-4/h5-9,14H,10-13,15H2,1-4H3,(H,23,26). The number of nitrogens with zero attached hydrogens (tertiary/aromatic N) is 2. The Balaban J connectivity index is 1.61. The first-order valence-electron chi connectivity index (χ1n) is 10.1. The highest BCUT2D eigenvalue weighted by molar-refractivity contribution is 7.89. The molecule has 1 aliphatic heterocycles. The highest BCUT2D eigenvalue weighted by atomic mass is 32.2. The number of carbonyl (C=O) groups is 1. The van der Waals surface area contributed by atoms with E-state index in [4.69, 9.17) is 9.47 Å². The van der Waals surface area contributed by atoms with Gasteiger partial charge in [0.15, 0.2) is 11.5 Å². The summed E-state index contributed by atoms with van der Waals surface area (Å²) in [6.07, 6.45) is 0. The average Bonchev–Trinajstić information content (AvgIpc) is 2.78. The normalized spacial score (nSPS) is 14.9. The van der Waals surface area contributed by atoms with Crippen LogP contribution in [0.5, 0.6) is 11.5 Å². The van der Waals surface area contributed by atoms with E-state index in [0.717, 1.165) is 16.7 Å². The molecule has 1 aliphatic rings. The van der Waals surface area contributed by atoms with Gasteiger partial charge in [0.05, 0.1) is 19.1 Å². The maximum Gasteiger partial charge on any atom is 0.317 e. The Hall–Kier alpha value is -2.78. The van der Waals surface area contributed by atoms with Crippen LogP contribution in [0.4, 0.5) is 4.79 Å². The van der Waals surface area contributed by atoms with Crippen LogP contribution in [-0.2, 0) is 16.6 Å². The Labute approximate surface area is 183 Å². The van der Waals surface area contributed by atoms with E-state index in [9.17, 15) is 13.2 Å². The lowest BCUT2D eigenvalue weighted by molar-refractivity contribution is 0.172. The largest absolute Gasteiger partial charge is 0.493 e. The number of carbonyl (C=O) groups excluding carboxylic acids is 1. The molecule has 168 valence electrons. The number of hydrogen-bond acceptors (Lipinski definition) is 5. The zero-order valence-electron chi connectivity index (χ0n) is 18.3. The predicted octanol–water partition coefficient (Wildman–Crippen LogP) is 2.54. The molecule has 2 aromatic rings. The maximum absolute atomic E-state index is 13.1. The van der Waals surface area contributed by atoms with Crippen LogP contribution in [0, 0.1) is 13.8 Å². The number of aryl methyl sites for hydroxylation is 2. The topological polar surface area (TPSA) is 88.2 Å². The molecule has 0 saturated carbocycles. The van der Waals surface area contributed by atoms with Crippen LogP contribution < -0.4 is 14.8 Å². The monoisotopic (exact) mass is 447 g/mol. The lowest BCUT2D eigenvalue weighted by Gasteiger charge is -2.34. The van der Waals surface area contributed by atoms with Crippen molar-refractivity contribution >= 4 is 16.1 Å². The fourth-order valence-electron chi connectivity index (χ4n) is 3.63. The number of urea groups is 1. The third kappa shape index (κ3) is 4.94. The number of sulfonamides is 1. The fraction of sp³-hybridized carbons (Fsp3) is 0.409. The number of rotatable bonds is 6. The molecule has 2 amide bonds. The van der Waals surface area contributed by atoms with E-state index >= 15 is 0 Å². The van der Waals surface area contributed by atoms with E-state index in [1.807, 2.05) is 31.2 Å². The predicted molar refractivity (Wildman–Crippen MR) is 118 cm³/mol. The van der Waals surface area contributed by atoms with Crippen LogP contribution in [0.1, 0.15) is 16.7 Å². The molecule has 3 rings (SSSR count). The Bertz CT molecular complexity index is 1050. The van der Waals surface area contributed by atoms with Crippen LogP contribution in [0.15, 0.2) is 41.3 Å². The lowest BCUT2D eigenvalue weighted by atomic mass is 10.2. The van der Waals surface area contributed by atoms with Crippen molar-refractivity contribution in [2.75, 3.05) is 40.4 Å². The Morgan fingerprint density at radius 1 is 1.03 bits per heavy atom. The van der Waals surface area contributed by atoms with E-state index < -0.39 is 10.0 Å². The molecule has 1 heterocycles. The van der Waals surface area contributed by atoms with Crippen LogP contribution >= 0.6 is 0 Å². The molecule has 0 radical (unpaired) electrons. The Morgan fingerprint density at radius 3 is 2.39 bits per heavy atom. The second-order valence-corrected chi connectivity index (χ2v) is 9.38. The number of benzene rings is 2. The van der Waals surface area contributed by atoms with Crippen LogP contribution in [0.25, 0.3) is 0 Å². The van der Waals surface area contributed by atoms with Gasteiger partial charge in [0.25, 0.3) is 0 Å². The summed E-state index contributed by atoms with van der Waals surface area (Å²) < 4.78 is 38.2. The lowest BCUT2D eigenvalue weighted by Crippen LogP contribution is -2.53. The van der Waals surface area contributed by atoms with Crippen LogP contribution in [0.3, 0.4) is 0 Å². The SMILES string of the molecule is COc1cccc(CNC(=O)N2CCN(S(=O)(=O)c3cc(C)ccc3C)CC2)c1OC. The number of piperazine rings is 1. The van der Waals surface area contributed by atoms with Crippen molar-refractivity contribution in [3.05, 3.63) is 53.1 Å². The van der Waals surface area contributed by atoms with Crippen molar-refractivity contribution in [2.45, 2.75) is 25.3 Å². The van der Waals surface area contributed by atoms with Gasteiger partial charge in [-0.1, -0.05) is 24.3 Å². The molecule has 1 fully saturated rings. The number of hydrogen-bond donors (Lipinski definition) is 1. The maximum atomic E-state index is 13.1. The van der Waals surface area contributed by atoms with Crippen LogP contribution in [-0.4, -0.2) is 64.1 Å². The molecular weight excluding hydrogens is 418 g/mol. The van der Waals surface area contributed by atoms with Crippen molar-refractivity contribution in [1.82, 2.24) is 14.5 Å². The molecule has 9 heteroatoms. The Morgan fingerprint density at radius 2 is 1.74 bits per heavy atom. The van der Waals surface area contributed by atoms with Gasteiger partial charge in [-0.05, 0) is 37.1 Å². The molecular formula is C22H29N3O5S. The van der Waals surface area contributed by atoms with E-state index in [1.54, 1.807) is 38.2 Å². The highest BCUT2D eigenvalue weighted by Gasteiger charge is 2.31. The van der Waals surface area contributed by atoms with Gasteiger partial charge >= 0.3 is 6.03 Å². The van der Waals surface area contributed by atoms with Crippen molar-refractivity contribution in [1.29, 1.82) is 0 Å². The van der Waals surface area contributed by atoms with E-state index in [2.05, 4.69) is 5.32 Å². The number of para-hydroxylation sites is 1. The first kappa shape index (κ1) is 22.9. The van der Waals surface area contributed by atoms with Gasteiger partial charge in [0.1, 0.15) is 0 Å². The molecule has 31 heavy (non-hydrogen) atoms. The first-order valence-corrected chi connectivity index (χ1v) is 11.5. The summed E-state index contributed by atoms with van der Waals surface area (Å²) in [4.78, 5) is 14.6. The summed E-state index contributed by atoms with van der Waals surface area (Å²) in [5.74, 6) is 1.18. The average molecular weight is 448 g/mol. The molecule has 0 atom stereocenters. The minimum absolute atomic E-state index is 0.242. The van der Waals surface area contributed by atoms with Crippen molar-refractivity contribution in [3.8, 4) is 11.5 Å². The summed E-state index contributed by atoms with van der Waals surface area (Å²) in [5.41, 5.74) is 2.42. The molecule has 0 unspecified atom stereocenters. The minimum Gasteiger partial charge on any atom is -0.493 e. The highest BCUT2D eigenvalue weighted by Crippen LogP contribution is 2.30. The molecule has 8 nitrogen and oxygen atoms in total. The number of nitrogens with one attached hydrogen (secondary N) is 1. The first-order chi connectivity index (χ1) is 14.8. The van der Waals surface area contributed by atoms with Gasteiger partial charge in [-0.3, -0.25) is 0 Å². The summed E-state index contributed by atoms with van der Waals surface area (Å²) in [6.45, 7) is 5.11. The van der Waals surface area contributed by atoms with Crippen molar-refractivity contribution in [3.63, 3.8) is 0 Å². The smallest absolute Gasteiger partial charge is 0.317 e. The zero-order valence-corrected chi connectivity index (χ0v) is 19.2. The number of amides is 2. The molecule has 0 aromatic heterocycles. The van der Waals surface area contributed by atoms with Crippen molar-refractivity contribution < 1.29 is 22.7 Å². The molecule has 0 spiro atoms. The summed E-state index contributed by atoms with van der Waals surface area (Å²) in [5, 5.41) is 2.88. The quantitative estimate of drug-likeness (QED) is 0.735. The summed E-state index contributed by atoms with van der Waals surface area (Å²) in [6, 6.07) is 10.7. The fourth-order valence-corrected chi connectivity index (χ4v) is 5.36. The van der Waals surface area contributed by atoms with Gasteiger partial charge in [0, 0.05) is 38.3 Å². The second-order valence-electron chi connectivity index (χ2n) is 7.47. The van der Waals surface area contributed by atoms with Gasteiger partial charge in [-0.25, -0.2) is 13.2 Å².